The minimum atomic E-state index is -1.09. The van der Waals surface area contributed by atoms with Crippen molar-refractivity contribution in [2.24, 2.45) is 0 Å². The maximum Gasteiger partial charge on any atom is 0.337 e. The Bertz CT molecular complexity index is 730. The van der Waals surface area contributed by atoms with E-state index in [4.69, 9.17) is 21.4 Å². The summed E-state index contributed by atoms with van der Waals surface area (Å²) in [5.41, 5.74) is 1.14. The standard InChI is InChI=1S/C17H16ClNO4/c1-11-6-7-14(12(10-11)17(21)22)19-16(20)8-9-23-15-5-3-2-4-13(15)18/h2-7,10H,8-9H2,1H3,(H,19,20)(H,21,22). The zero-order valence-corrected chi connectivity index (χ0v) is 13.3. The molecule has 23 heavy (non-hydrogen) atoms. The van der Waals surface area contributed by atoms with E-state index in [-0.39, 0.29) is 30.2 Å². The number of halogens is 1. The molecule has 0 unspecified atom stereocenters. The molecule has 2 aromatic carbocycles. The molecule has 0 aliphatic heterocycles. The van der Waals surface area contributed by atoms with Crippen LogP contribution in [0, 0.1) is 6.92 Å². The number of aryl methyl sites for hydroxylation is 1. The minimum absolute atomic E-state index is 0.0605. The highest BCUT2D eigenvalue weighted by molar-refractivity contribution is 6.32. The first-order valence-corrected chi connectivity index (χ1v) is 7.36. The molecule has 0 heterocycles. The fraction of sp³-hybridized carbons (Fsp3) is 0.176. The second kappa shape index (κ2) is 7.65. The number of ether oxygens (including phenoxy) is 1. The largest absolute Gasteiger partial charge is 0.491 e. The molecule has 0 bridgehead atoms. The summed E-state index contributed by atoms with van der Waals surface area (Å²) in [5, 5.41) is 12.2. The lowest BCUT2D eigenvalue weighted by Crippen LogP contribution is -2.17. The van der Waals surface area contributed by atoms with Gasteiger partial charge < -0.3 is 15.2 Å². The molecular weight excluding hydrogens is 318 g/mol. The van der Waals surface area contributed by atoms with Gasteiger partial charge in [0.15, 0.2) is 0 Å². The van der Waals surface area contributed by atoms with Gasteiger partial charge in [-0.05, 0) is 31.2 Å². The van der Waals surface area contributed by atoms with E-state index in [0.717, 1.165) is 5.56 Å². The van der Waals surface area contributed by atoms with E-state index in [1.54, 1.807) is 43.3 Å². The van der Waals surface area contributed by atoms with Crippen LogP contribution in [-0.4, -0.2) is 23.6 Å². The number of para-hydroxylation sites is 1. The van der Waals surface area contributed by atoms with Crippen molar-refractivity contribution in [3.63, 3.8) is 0 Å². The van der Waals surface area contributed by atoms with E-state index in [2.05, 4.69) is 5.32 Å². The van der Waals surface area contributed by atoms with Gasteiger partial charge in [0.2, 0.25) is 5.91 Å². The zero-order chi connectivity index (χ0) is 16.8. The van der Waals surface area contributed by atoms with Crippen LogP contribution in [-0.2, 0) is 4.79 Å². The average Bonchev–Trinajstić information content (AvgIpc) is 2.51. The number of carboxylic acids is 1. The molecule has 6 heteroatoms. The third-order valence-corrected chi connectivity index (χ3v) is 3.42. The number of carboxylic acid groups (broad SMARTS) is 1. The summed E-state index contributed by atoms with van der Waals surface area (Å²) in [6.45, 7) is 1.93. The summed E-state index contributed by atoms with van der Waals surface area (Å²) >= 11 is 5.95. The topological polar surface area (TPSA) is 75.6 Å². The first-order chi connectivity index (χ1) is 11.0. The molecular formula is C17H16ClNO4. The van der Waals surface area contributed by atoms with Gasteiger partial charge in [-0.2, -0.15) is 0 Å². The third kappa shape index (κ3) is 4.72. The number of carbonyl (C=O) groups is 2. The number of carbonyl (C=O) groups excluding carboxylic acids is 1. The molecule has 1 amide bonds. The van der Waals surface area contributed by atoms with Crippen molar-refractivity contribution in [1.29, 1.82) is 0 Å². The maximum atomic E-state index is 11.9. The van der Waals surface area contributed by atoms with Crippen LogP contribution in [0.3, 0.4) is 0 Å². The molecule has 2 aromatic rings. The number of anilines is 1. The van der Waals surface area contributed by atoms with Gasteiger partial charge in [-0.1, -0.05) is 35.4 Å². The molecule has 0 aliphatic rings. The van der Waals surface area contributed by atoms with Crippen LogP contribution in [0.1, 0.15) is 22.3 Å². The lowest BCUT2D eigenvalue weighted by atomic mass is 10.1. The minimum Gasteiger partial charge on any atom is -0.491 e. The Balaban J connectivity index is 1.93. The Morgan fingerprint density at radius 3 is 2.65 bits per heavy atom. The predicted molar refractivity (Wildman–Crippen MR) is 88.3 cm³/mol. The van der Waals surface area contributed by atoms with Crippen molar-refractivity contribution in [1.82, 2.24) is 0 Å². The molecule has 0 aromatic heterocycles. The number of benzene rings is 2. The Hall–Kier alpha value is -2.53. The predicted octanol–water partition coefficient (Wildman–Crippen LogP) is 3.75. The van der Waals surface area contributed by atoms with Crippen LogP contribution in [0.4, 0.5) is 5.69 Å². The summed E-state index contributed by atoms with van der Waals surface area (Å²) in [7, 11) is 0. The molecule has 2 rings (SSSR count). The Morgan fingerprint density at radius 2 is 1.96 bits per heavy atom. The lowest BCUT2D eigenvalue weighted by molar-refractivity contribution is -0.116. The van der Waals surface area contributed by atoms with Crippen molar-refractivity contribution in [3.05, 3.63) is 58.6 Å². The Morgan fingerprint density at radius 1 is 1.22 bits per heavy atom. The van der Waals surface area contributed by atoms with Gasteiger partial charge in [-0.15, -0.1) is 0 Å². The lowest BCUT2D eigenvalue weighted by Gasteiger charge is -2.10. The Labute approximate surface area is 138 Å². The van der Waals surface area contributed by atoms with Crippen molar-refractivity contribution >= 4 is 29.2 Å². The fourth-order valence-corrected chi connectivity index (χ4v) is 2.16. The molecule has 5 nitrogen and oxygen atoms in total. The number of rotatable bonds is 6. The number of nitrogens with one attached hydrogen (secondary N) is 1. The van der Waals surface area contributed by atoms with Crippen LogP contribution >= 0.6 is 11.6 Å². The quantitative estimate of drug-likeness (QED) is 0.844. The molecule has 0 saturated heterocycles. The number of hydrogen-bond donors (Lipinski definition) is 2. The molecule has 0 saturated carbocycles. The SMILES string of the molecule is Cc1ccc(NC(=O)CCOc2ccccc2Cl)c(C(=O)O)c1. The van der Waals surface area contributed by atoms with E-state index in [1.807, 2.05) is 0 Å². The number of amides is 1. The average molecular weight is 334 g/mol. The van der Waals surface area contributed by atoms with Crippen LogP contribution in [0.15, 0.2) is 42.5 Å². The molecule has 0 fully saturated rings. The van der Waals surface area contributed by atoms with E-state index >= 15 is 0 Å². The normalized spacial score (nSPS) is 10.2. The highest BCUT2D eigenvalue weighted by atomic mass is 35.5. The van der Waals surface area contributed by atoms with E-state index in [1.165, 1.54) is 6.07 Å². The molecule has 120 valence electrons. The van der Waals surface area contributed by atoms with Gasteiger partial charge in [0.05, 0.1) is 29.3 Å². The Kier molecular flexibility index (Phi) is 5.60. The molecule has 0 radical (unpaired) electrons. The van der Waals surface area contributed by atoms with Gasteiger partial charge >= 0.3 is 5.97 Å². The smallest absolute Gasteiger partial charge is 0.337 e. The van der Waals surface area contributed by atoms with E-state index in [9.17, 15) is 9.59 Å². The fourth-order valence-electron chi connectivity index (χ4n) is 1.97. The van der Waals surface area contributed by atoms with Gasteiger partial charge in [0.1, 0.15) is 5.75 Å². The van der Waals surface area contributed by atoms with Crippen molar-refractivity contribution in [2.45, 2.75) is 13.3 Å². The van der Waals surface area contributed by atoms with Crippen molar-refractivity contribution < 1.29 is 19.4 Å². The summed E-state index contributed by atoms with van der Waals surface area (Å²) in [5.74, 6) is -0.914. The van der Waals surface area contributed by atoms with Gasteiger partial charge in [-0.3, -0.25) is 4.79 Å². The summed E-state index contributed by atoms with van der Waals surface area (Å²) in [4.78, 5) is 23.1. The zero-order valence-electron chi connectivity index (χ0n) is 12.5. The summed E-state index contributed by atoms with van der Waals surface area (Å²) < 4.78 is 5.43. The maximum absolute atomic E-state index is 11.9. The number of aromatic carboxylic acids is 1. The van der Waals surface area contributed by atoms with Gasteiger partial charge in [0, 0.05) is 0 Å². The number of hydrogen-bond acceptors (Lipinski definition) is 3. The van der Waals surface area contributed by atoms with Crippen molar-refractivity contribution in [3.8, 4) is 5.75 Å². The van der Waals surface area contributed by atoms with E-state index < -0.39 is 5.97 Å². The molecule has 0 spiro atoms. The highest BCUT2D eigenvalue weighted by Gasteiger charge is 2.13. The second-order valence-corrected chi connectivity index (χ2v) is 5.34. The van der Waals surface area contributed by atoms with Crippen LogP contribution in [0.5, 0.6) is 5.75 Å². The van der Waals surface area contributed by atoms with Gasteiger partial charge in [0.25, 0.3) is 0 Å². The van der Waals surface area contributed by atoms with Crippen molar-refractivity contribution in [2.75, 3.05) is 11.9 Å². The molecule has 0 aliphatic carbocycles. The summed E-state index contributed by atoms with van der Waals surface area (Å²) in [6.07, 6.45) is 0.0815. The molecule has 0 atom stereocenters. The van der Waals surface area contributed by atoms with Crippen LogP contribution < -0.4 is 10.1 Å². The monoisotopic (exact) mass is 333 g/mol. The summed E-state index contributed by atoms with van der Waals surface area (Å²) in [6, 6.07) is 11.8. The molecule has 2 N–H and O–H groups in total. The van der Waals surface area contributed by atoms with Crippen LogP contribution in [0.25, 0.3) is 0 Å². The van der Waals surface area contributed by atoms with Crippen LogP contribution in [0.2, 0.25) is 5.02 Å². The van der Waals surface area contributed by atoms with Gasteiger partial charge in [-0.25, -0.2) is 4.79 Å². The first-order valence-electron chi connectivity index (χ1n) is 6.98. The second-order valence-electron chi connectivity index (χ2n) is 4.93. The highest BCUT2D eigenvalue weighted by Crippen LogP contribution is 2.23. The first kappa shape index (κ1) is 16.8. The third-order valence-electron chi connectivity index (χ3n) is 3.10. The van der Waals surface area contributed by atoms with E-state index in [0.29, 0.717) is 10.8 Å².